The summed E-state index contributed by atoms with van der Waals surface area (Å²) >= 11 is 0. The van der Waals surface area contributed by atoms with Gasteiger partial charge < -0.3 is 10.5 Å². The van der Waals surface area contributed by atoms with Crippen LogP contribution in [-0.2, 0) is 14.8 Å². The van der Waals surface area contributed by atoms with Gasteiger partial charge in [-0.3, -0.25) is 0 Å². The Hall–Kier alpha value is -0.660. The molecule has 126 valence electrons. The number of piperidine rings is 1. The minimum absolute atomic E-state index is 0. The summed E-state index contributed by atoms with van der Waals surface area (Å²) in [6.07, 6.45) is 1.44. The molecule has 5 nitrogen and oxygen atoms in total. The Morgan fingerprint density at radius 1 is 1.36 bits per heavy atom. The third kappa shape index (κ3) is 3.81. The van der Waals surface area contributed by atoms with Crippen molar-refractivity contribution in [3.63, 3.8) is 0 Å². The fourth-order valence-corrected chi connectivity index (χ4v) is 4.82. The van der Waals surface area contributed by atoms with Gasteiger partial charge in [-0.15, -0.1) is 12.4 Å². The highest BCUT2D eigenvalue weighted by molar-refractivity contribution is 7.89. The van der Waals surface area contributed by atoms with Crippen LogP contribution >= 0.6 is 12.4 Å². The van der Waals surface area contributed by atoms with E-state index in [9.17, 15) is 8.42 Å². The number of methoxy groups -OCH3 is 1. The number of sulfonamides is 1. The van der Waals surface area contributed by atoms with E-state index >= 15 is 0 Å². The van der Waals surface area contributed by atoms with Gasteiger partial charge in [-0.1, -0.05) is 12.1 Å². The Labute approximate surface area is 139 Å². The molecule has 0 bridgehead atoms. The molecule has 2 atom stereocenters. The van der Waals surface area contributed by atoms with E-state index in [1.54, 1.807) is 17.5 Å². The molecule has 0 spiro atoms. The van der Waals surface area contributed by atoms with Gasteiger partial charge in [0.2, 0.25) is 10.0 Å². The first-order valence-electron chi connectivity index (χ1n) is 7.22. The van der Waals surface area contributed by atoms with Crippen LogP contribution in [0.25, 0.3) is 0 Å². The predicted octanol–water partition coefficient (Wildman–Crippen LogP) is 1.85. The van der Waals surface area contributed by atoms with Gasteiger partial charge in [-0.05, 0) is 43.9 Å². The Morgan fingerprint density at radius 3 is 2.64 bits per heavy atom. The van der Waals surface area contributed by atoms with Crippen LogP contribution in [0.5, 0.6) is 0 Å². The number of hydrogen-bond acceptors (Lipinski definition) is 4. The lowest BCUT2D eigenvalue weighted by Gasteiger charge is -2.37. The van der Waals surface area contributed by atoms with Crippen LogP contribution in [0.3, 0.4) is 0 Å². The topological polar surface area (TPSA) is 72.6 Å². The molecule has 1 fully saturated rings. The van der Waals surface area contributed by atoms with Gasteiger partial charge in [0.05, 0.1) is 11.0 Å². The van der Waals surface area contributed by atoms with Gasteiger partial charge in [-0.2, -0.15) is 4.31 Å². The molecule has 1 aromatic carbocycles. The van der Waals surface area contributed by atoms with Crippen LogP contribution in [-0.4, -0.2) is 45.1 Å². The fraction of sp³-hybridized carbons (Fsp3) is 0.600. The molecule has 7 heteroatoms. The molecule has 1 aliphatic rings. The second kappa shape index (κ2) is 7.75. The average Bonchev–Trinajstić information content (AvgIpc) is 2.48. The van der Waals surface area contributed by atoms with Crippen molar-refractivity contribution in [1.82, 2.24) is 4.31 Å². The second-order valence-corrected chi connectivity index (χ2v) is 7.52. The summed E-state index contributed by atoms with van der Waals surface area (Å²) in [6, 6.07) is 5.31. The zero-order valence-corrected chi connectivity index (χ0v) is 14.9. The lowest BCUT2D eigenvalue weighted by Crippen LogP contribution is -2.51. The Morgan fingerprint density at radius 2 is 2.05 bits per heavy atom. The van der Waals surface area contributed by atoms with Crippen molar-refractivity contribution in [3.05, 3.63) is 29.3 Å². The predicted molar refractivity (Wildman–Crippen MR) is 89.9 cm³/mol. The molecule has 1 saturated heterocycles. The van der Waals surface area contributed by atoms with Crippen molar-refractivity contribution in [2.75, 3.05) is 20.2 Å². The highest BCUT2D eigenvalue weighted by atomic mass is 35.5. The summed E-state index contributed by atoms with van der Waals surface area (Å²) in [4.78, 5) is 0.386. The molecule has 0 aliphatic carbocycles. The van der Waals surface area contributed by atoms with Gasteiger partial charge in [-0.25, -0.2) is 8.42 Å². The van der Waals surface area contributed by atoms with E-state index in [1.807, 2.05) is 26.0 Å². The highest BCUT2D eigenvalue weighted by Gasteiger charge is 2.36. The summed E-state index contributed by atoms with van der Waals surface area (Å²) in [6.45, 7) is 4.49. The highest BCUT2D eigenvalue weighted by Crippen LogP contribution is 2.28. The minimum atomic E-state index is -3.51. The molecule has 22 heavy (non-hydrogen) atoms. The molecule has 2 N–H and O–H groups in total. The van der Waals surface area contributed by atoms with Crippen LogP contribution in [0.4, 0.5) is 0 Å². The van der Waals surface area contributed by atoms with Crippen LogP contribution in [0, 0.1) is 13.8 Å². The van der Waals surface area contributed by atoms with Gasteiger partial charge >= 0.3 is 0 Å². The van der Waals surface area contributed by atoms with Gasteiger partial charge in [0, 0.05) is 26.2 Å². The normalized spacial score (nSPS) is 23.1. The van der Waals surface area contributed by atoms with Gasteiger partial charge in [0.15, 0.2) is 0 Å². The number of benzene rings is 1. The number of ether oxygens (including phenoxy) is 1. The standard InChI is InChI=1S/C15H24N2O3S.ClH/c1-11-4-5-12(2)15(8-11)21(18,19)17-7-6-14(20-3)9-13(17)10-16;/h4-5,8,13-14H,6-7,9-10,16H2,1-3H3;1H. The smallest absolute Gasteiger partial charge is 0.243 e. The van der Waals surface area contributed by atoms with Crippen molar-refractivity contribution >= 4 is 22.4 Å². The number of halogens is 1. The molecule has 2 rings (SSSR count). The van der Waals surface area contributed by atoms with Crippen LogP contribution in [0.15, 0.2) is 23.1 Å². The van der Waals surface area contributed by atoms with E-state index in [2.05, 4.69) is 0 Å². The van der Waals surface area contributed by atoms with Crippen molar-refractivity contribution in [3.8, 4) is 0 Å². The van der Waals surface area contributed by atoms with Gasteiger partial charge in [0.25, 0.3) is 0 Å². The van der Waals surface area contributed by atoms with Crippen LogP contribution in [0.1, 0.15) is 24.0 Å². The first kappa shape index (κ1) is 19.4. The maximum atomic E-state index is 13.0. The lowest BCUT2D eigenvalue weighted by molar-refractivity contribution is 0.0401. The third-order valence-electron chi connectivity index (χ3n) is 4.15. The first-order valence-corrected chi connectivity index (χ1v) is 8.66. The molecule has 1 heterocycles. The number of aryl methyl sites for hydroxylation is 2. The zero-order valence-electron chi connectivity index (χ0n) is 13.3. The summed E-state index contributed by atoms with van der Waals surface area (Å²) in [5.41, 5.74) is 7.50. The van der Waals surface area contributed by atoms with Crippen LogP contribution in [0.2, 0.25) is 0 Å². The van der Waals surface area contributed by atoms with Crippen molar-refractivity contribution < 1.29 is 13.2 Å². The molecule has 0 amide bonds. The Balaban J connectivity index is 0.00000242. The summed E-state index contributed by atoms with van der Waals surface area (Å²) in [7, 11) is -1.85. The van der Waals surface area contributed by atoms with E-state index in [-0.39, 0.29) is 24.6 Å². The fourth-order valence-electron chi connectivity index (χ4n) is 2.85. The number of rotatable bonds is 4. The monoisotopic (exact) mass is 348 g/mol. The van der Waals surface area contributed by atoms with Gasteiger partial charge in [0.1, 0.15) is 0 Å². The van der Waals surface area contributed by atoms with Crippen molar-refractivity contribution in [1.29, 1.82) is 0 Å². The van der Waals surface area contributed by atoms with E-state index in [0.29, 0.717) is 30.8 Å². The molecule has 0 aromatic heterocycles. The van der Waals surface area contributed by atoms with E-state index < -0.39 is 10.0 Å². The molecular formula is C15H25ClN2O3S. The number of nitrogens with zero attached hydrogens (tertiary/aromatic N) is 1. The minimum Gasteiger partial charge on any atom is -0.381 e. The average molecular weight is 349 g/mol. The first-order chi connectivity index (χ1) is 9.90. The molecule has 1 aliphatic heterocycles. The quantitative estimate of drug-likeness (QED) is 0.901. The Kier molecular flexibility index (Phi) is 6.83. The molecule has 0 radical (unpaired) electrons. The van der Waals surface area contributed by atoms with Crippen molar-refractivity contribution in [2.24, 2.45) is 5.73 Å². The van der Waals surface area contributed by atoms with E-state index in [4.69, 9.17) is 10.5 Å². The molecule has 0 saturated carbocycles. The Bertz CT molecular complexity index is 607. The SMILES string of the molecule is COC1CCN(S(=O)(=O)c2cc(C)ccc2C)C(CN)C1.Cl. The van der Waals surface area contributed by atoms with Crippen LogP contribution < -0.4 is 5.73 Å². The zero-order chi connectivity index (χ0) is 15.6. The maximum absolute atomic E-state index is 13.0. The third-order valence-corrected chi connectivity index (χ3v) is 6.24. The molecule has 1 aromatic rings. The summed E-state index contributed by atoms with van der Waals surface area (Å²) < 4.78 is 32.8. The number of nitrogens with two attached hydrogens (primary N) is 1. The van der Waals surface area contributed by atoms with E-state index in [0.717, 1.165) is 11.1 Å². The lowest BCUT2D eigenvalue weighted by atomic mass is 10.0. The maximum Gasteiger partial charge on any atom is 0.243 e. The molecule has 2 unspecified atom stereocenters. The largest absolute Gasteiger partial charge is 0.381 e. The second-order valence-electron chi connectivity index (χ2n) is 5.66. The number of hydrogen-bond donors (Lipinski definition) is 1. The summed E-state index contributed by atoms with van der Waals surface area (Å²) in [5.74, 6) is 0. The van der Waals surface area contributed by atoms with E-state index in [1.165, 1.54) is 0 Å². The van der Waals surface area contributed by atoms with Crippen molar-refractivity contribution in [2.45, 2.75) is 43.7 Å². The summed E-state index contributed by atoms with van der Waals surface area (Å²) in [5, 5.41) is 0. The molecular weight excluding hydrogens is 324 g/mol.